The molecule has 1 amide bonds. The molecule has 0 fully saturated rings. The van der Waals surface area contributed by atoms with Crippen LogP contribution in [0.3, 0.4) is 0 Å². The quantitative estimate of drug-likeness (QED) is 0.629. The Balaban J connectivity index is 1.83. The second-order valence-electron chi connectivity index (χ2n) is 6.44. The van der Waals surface area contributed by atoms with Crippen LogP contribution in [-0.4, -0.2) is 19.6 Å². The van der Waals surface area contributed by atoms with Gasteiger partial charge in [0.2, 0.25) is 5.91 Å². The number of carbonyl (C=O) groups excluding carboxylic acids is 1. The van der Waals surface area contributed by atoms with Gasteiger partial charge in [-0.25, -0.2) is 0 Å². The summed E-state index contributed by atoms with van der Waals surface area (Å²) in [5.41, 5.74) is 2.97. The average Bonchev–Trinajstić information content (AvgIpc) is 2.74. The first-order chi connectivity index (χ1) is 13.7. The molecule has 0 aliphatic rings. The maximum absolute atomic E-state index is 12.7. The summed E-state index contributed by atoms with van der Waals surface area (Å²) in [7, 11) is 1.64. The molecule has 0 saturated carbocycles. The van der Waals surface area contributed by atoms with Crippen LogP contribution in [0.4, 0.5) is 0 Å². The lowest BCUT2D eigenvalue weighted by molar-refractivity contribution is -0.120. The summed E-state index contributed by atoms with van der Waals surface area (Å²) in [4.78, 5) is 12.7. The highest BCUT2D eigenvalue weighted by Gasteiger charge is 2.17. The maximum Gasteiger partial charge on any atom is 0.225 e. The zero-order valence-electron chi connectivity index (χ0n) is 16.2. The minimum absolute atomic E-state index is 0.0269. The molecule has 0 radical (unpaired) electrons. The minimum Gasteiger partial charge on any atom is -0.497 e. The molecule has 0 aliphatic heterocycles. The number of amides is 1. The summed E-state index contributed by atoms with van der Waals surface area (Å²) in [5.74, 6) is 1.57. The van der Waals surface area contributed by atoms with Gasteiger partial charge in [0.25, 0.3) is 0 Å². The zero-order chi connectivity index (χ0) is 19.8. The van der Waals surface area contributed by atoms with E-state index in [4.69, 9.17) is 9.47 Å². The molecule has 0 heterocycles. The van der Waals surface area contributed by atoms with Crippen LogP contribution in [0.5, 0.6) is 11.5 Å². The van der Waals surface area contributed by atoms with Gasteiger partial charge in [0.15, 0.2) is 0 Å². The third kappa shape index (κ3) is 5.13. The molecule has 0 bridgehead atoms. The highest BCUT2D eigenvalue weighted by molar-refractivity contribution is 5.79. The number of methoxy groups -OCH3 is 1. The lowest BCUT2D eigenvalue weighted by atomic mass is 9.98. The summed E-state index contributed by atoms with van der Waals surface area (Å²) >= 11 is 0. The van der Waals surface area contributed by atoms with Crippen LogP contribution < -0.4 is 14.8 Å². The highest BCUT2D eigenvalue weighted by Crippen LogP contribution is 2.26. The fourth-order valence-corrected chi connectivity index (χ4v) is 3.07. The predicted molar refractivity (Wildman–Crippen MR) is 111 cm³/mol. The van der Waals surface area contributed by atoms with Crippen LogP contribution in [0.1, 0.15) is 29.7 Å². The Hall–Kier alpha value is -3.27. The van der Waals surface area contributed by atoms with Crippen molar-refractivity contribution in [1.82, 2.24) is 5.32 Å². The predicted octanol–water partition coefficient (Wildman–Crippen LogP) is 4.54. The fraction of sp³-hybridized carbons (Fsp3) is 0.208. The molecule has 4 heteroatoms. The van der Waals surface area contributed by atoms with Gasteiger partial charge in [0, 0.05) is 0 Å². The summed E-state index contributed by atoms with van der Waals surface area (Å²) < 4.78 is 10.8. The van der Waals surface area contributed by atoms with Crippen molar-refractivity contribution in [3.63, 3.8) is 0 Å². The van der Waals surface area contributed by atoms with Crippen molar-refractivity contribution in [1.29, 1.82) is 0 Å². The van der Waals surface area contributed by atoms with Crippen LogP contribution in [-0.2, 0) is 11.2 Å². The van der Waals surface area contributed by atoms with E-state index < -0.39 is 0 Å². The summed E-state index contributed by atoms with van der Waals surface area (Å²) in [5, 5.41) is 3.17. The Morgan fingerprint density at radius 3 is 1.96 bits per heavy atom. The monoisotopic (exact) mass is 375 g/mol. The molecule has 144 valence electrons. The first kappa shape index (κ1) is 19.5. The summed E-state index contributed by atoms with van der Waals surface area (Å²) in [6.07, 6.45) is 0.338. The minimum atomic E-state index is -0.252. The van der Waals surface area contributed by atoms with Crippen molar-refractivity contribution in [3.05, 3.63) is 95.6 Å². The fourth-order valence-electron chi connectivity index (χ4n) is 3.07. The molecule has 28 heavy (non-hydrogen) atoms. The topological polar surface area (TPSA) is 47.6 Å². The molecule has 0 aliphatic carbocycles. The molecular formula is C24H25NO3. The Kier molecular flexibility index (Phi) is 6.68. The van der Waals surface area contributed by atoms with Crippen molar-refractivity contribution in [2.75, 3.05) is 13.7 Å². The maximum atomic E-state index is 12.7. The molecular weight excluding hydrogens is 350 g/mol. The van der Waals surface area contributed by atoms with Crippen LogP contribution in [0.2, 0.25) is 0 Å². The molecule has 4 nitrogen and oxygen atoms in total. The van der Waals surface area contributed by atoms with Gasteiger partial charge >= 0.3 is 0 Å². The van der Waals surface area contributed by atoms with Crippen molar-refractivity contribution in [2.24, 2.45) is 0 Å². The molecule has 0 saturated heterocycles. The van der Waals surface area contributed by atoms with Crippen molar-refractivity contribution < 1.29 is 14.3 Å². The van der Waals surface area contributed by atoms with Gasteiger partial charge in [-0.05, 0) is 47.9 Å². The van der Waals surface area contributed by atoms with E-state index in [1.165, 1.54) is 0 Å². The van der Waals surface area contributed by atoms with Gasteiger partial charge in [-0.1, -0.05) is 54.6 Å². The van der Waals surface area contributed by atoms with Crippen LogP contribution in [0.15, 0.2) is 78.9 Å². The molecule has 0 spiro atoms. The molecule has 3 rings (SSSR count). The van der Waals surface area contributed by atoms with Gasteiger partial charge in [0.05, 0.1) is 26.2 Å². The standard InChI is InChI=1S/C24H25NO3/c1-3-28-22-15-11-20(12-16-22)24(19-9-13-21(27-2)14-10-19)25-23(26)17-18-7-5-4-6-8-18/h4-16,24H,3,17H2,1-2H3,(H,25,26)/t24-/m1/s1. The lowest BCUT2D eigenvalue weighted by Gasteiger charge is -2.21. The number of nitrogens with one attached hydrogen (secondary N) is 1. The molecule has 3 aromatic carbocycles. The number of hydrogen-bond acceptors (Lipinski definition) is 3. The Labute approximate surface area is 166 Å². The second kappa shape index (κ2) is 9.60. The van der Waals surface area contributed by atoms with Gasteiger partial charge in [-0.2, -0.15) is 0 Å². The number of carbonyl (C=O) groups is 1. The van der Waals surface area contributed by atoms with Crippen molar-refractivity contribution in [3.8, 4) is 11.5 Å². The molecule has 1 N–H and O–H groups in total. The summed E-state index contributed by atoms with van der Waals surface area (Å²) in [6.45, 7) is 2.58. The Morgan fingerprint density at radius 1 is 0.857 bits per heavy atom. The normalized spacial score (nSPS) is 11.5. The van der Waals surface area contributed by atoms with E-state index in [2.05, 4.69) is 5.32 Å². The second-order valence-corrected chi connectivity index (χ2v) is 6.44. The van der Waals surface area contributed by atoms with E-state index >= 15 is 0 Å². The molecule has 0 aromatic heterocycles. The van der Waals surface area contributed by atoms with Gasteiger partial charge in [0.1, 0.15) is 11.5 Å². The number of hydrogen-bond donors (Lipinski definition) is 1. The highest BCUT2D eigenvalue weighted by atomic mass is 16.5. The third-order valence-corrected chi connectivity index (χ3v) is 4.49. The van der Waals surface area contributed by atoms with E-state index in [0.29, 0.717) is 13.0 Å². The van der Waals surface area contributed by atoms with Crippen LogP contribution in [0.25, 0.3) is 0 Å². The summed E-state index contributed by atoms with van der Waals surface area (Å²) in [6, 6.07) is 25.1. The first-order valence-electron chi connectivity index (χ1n) is 9.39. The number of rotatable bonds is 8. The number of benzene rings is 3. The molecule has 3 aromatic rings. The Morgan fingerprint density at radius 2 is 1.43 bits per heavy atom. The van der Waals surface area contributed by atoms with E-state index in [9.17, 15) is 4.79 Å². The first-order valence-corrected chi connectivity index (χ1v) is 9.39. The lowest BCUT2D eigenvalue weighted by Crippen LogP contribution is -2.30. The average molecular weight is 375 g/mol. The van der Waals surface area contributed by atoms with E-state index in [1.54, 1.807) is 7.11 Å². The Bertz CT molecular complexity index is 874. The van der Waals surface area contributed by atoms with Crippen molar-refractivity contribution >= 4 is 5.91 Å². The van der Waals surface area contributed by atoms with E-state index in [1.807, 2.05) is 85.8 Å². The van der Waals surface area contributed by atoms with Gasteiger partial charge in [-0.3, -0.25) is 4.79 Å². The zero-order valence-corrected chi connectivity index (χ0v) is 16.2. The van der Waals surface area contributed by atoms with Crippen LogP contribution in [0, 0.1) is 0 Å². The molecule has 0 unspecified atom stereocenters. The number of ether oxygens (including phenoxy) is 2. The van der Waals surface area contributed by atoms with Crippen molar-refractivity contribution in [2.45, 2.75) is 19.4 Å². The van der Waals surface area contributed by atoms with E-state index in [-0.39, 0.29) is 11.9 Å². The van der Waals surface area contributed by atoms with E-state index in [0.717, 1.165) is 28.2 Å². The van der Waals surface area contributed by atoms with Gasteiger partial charge < -0.3 is 14.8 Å². The largest absolute Gasteiger partial charge is 0.497 e. The smallest absolute Gasteiger partial charge is 0.225 e. The van der Waals surface area contributed by atoms with Gasteiger partial charge in [-0.15, -0.1) is 0 Å². The molecule has 1 atom stereocenters. The van der Waals surface area contributed by atoms with Crippen LogP contribution >= 0.6 is 0 Å². The third-order valence-electron chi connectivity index (χ3n) is 4.49. The SMILES string of the molecule is CCOc1ccc([C@H](NC(=O)Cc2ccccc2)c2ccc(OC)cc2)cc1.